The van der Waals surface area contributed by atoms with E-state index in [2.05, 4.69) is 15.3 Å². The first-order chi connectivity index (χ1) is 13.6. The molecule has 0 fully saturated rings. The number of aromatic nitrogens is 1. The van der Waals surface area contributed by atoms with Crippen LogP contribution in [0.2, 0.25) is 0 Å². The van der Waals surface area contributed by atoms with Gasteiger partial charge in [0.15, 0.2) is 5.78 Å². The molecule has 0 bridgehead atoms. The predicted octanol–water partition coefficient (Wildman–Crippen LogP) is 2.74. The third-order valence-electron chi connectivity index (χ3n) is 4.89. The van der Waals surface area contributed by atoms with Crippen LogP contribution in [0.1, 0.15) is 33.2 Å². The summed E-state index contributed by atoms with van der Waals surface area (Å²) in [6.45, 7) is 1.66. The van der Waals surface area contributed by atoms with Crippen LogP contribution >= 0.6 is 0 Å². The Balaban J connectivity index is 1.64. The van der Waals surface area contributed by atoms with E-state index >= 15 is 0 Å². The standard InChI is InChI=1S/C22H19N3O3/c1-13(26)25-20-19(21(27)16-7-2-3-8-17(16)22(20)28)23-11-10-14-12-24-18-9-5-4-6-15(14)18/h2-9,12,20,24H,10-11H2,1H3,(H,25,26)/t20-/m1/s1. The van der Waals surface area contributed by atoms with E-state index in [0.29, 0.717) is 24.1 Å². The first-order valence-electron chi connectivity index (χ1n) is 9.10. The number of ketones is 2. The Hall–Kier alpha value is -3.54. The van der Waals surface area contributed by atoms with E-state index in [4.69, 9.17) is 0 Å². The van der Waals surface area contributed by atoms with Crippen LogP contribution in [0.4, 0.5) is 0 Å². The van der Waals surface area contributed by atoms with Gasteiger partial charge in [0.25, 0.3) is 0 Å². The molecule has 1 amide bonds. The van der Waals surface area contributed by atoms with Gasteiger partial charge in [0, 0.05) is 41.7 Å². The lowest BCUT2D eigenvalue weighted by molar-refractivity contribution is -0.119. The number of Topliss-reactive ketones (excluding diaryl/α,β-unsaturated/α-hetero) is 2. The lowest BCUT2D eigenvalue weighted by Crippen LogP contribution is -2.52. The second-order valence-electron chi connectivity index (χ2n) is 6.75. The lowest BCUT2D eigenvalue weighted by atomic mass is 9.84. The Kier molecular flexibility index (Phi) is 4.61. The van der Waals surface area contributed by atoms with Gasteiger partial charge in [0.2, 0.25) is 11.7 Å². The smallest absolute Gasteiger partial charge is 0.217 e. The van der Waals surface area contributed by atoms with Crippen molar-refractivity contribution >= 4 is 34.1 Å². The minimum absolute atomic E-state index is 0.0961. The Labute approximate surface area is 161 Å². The van der Waals surface area contributed by atoms with Crippen molar-refractivity contribution in [2.75, 3.05) is 6.54 Å². The molecular weight excluding hydrogens is 354 g/mol. The van der Waals surface area contributed by atoms with E-state index < -0.39 is 6.04 Å². The number of nitrogens with one attached hydrogen (secondary N) is 2. The Morgan fingerprint density at radius 3 is 2.57 bits per heavy atom. The van der Waals surface area contributed by atoms with Crippen molar-refractivity contribution in [2.24, 2.45) is 4.99 Å². The minimum Gasteiger partial charge on any atom is -0.361 e. The summed E-state index contributed by atoms with van der Waals surface area (Å²) < 4.78 is 0. The second kappa shape index (κ2) is 7.23. The topological polar surface area (TPSA) is 91.4 Å². The molecule has 1 atom stereocenters. The number of aromatic amines is 1. The highest BCUT2D eigenvalue weighted by atomic mass is 16.2. The fraction of sp³-hybridized carbons (Fsp3) is 0.182. The number of nitrogens with zero attached hydrogens (tertiary/aromatic N) is 1. The van der Waals surface area contributed by atoms with Crippen LogP contribution in [0.3, 0.4) is 0 Å². The minimum atomic E-state index is -1.04. The van der Waals surface area contributed by atoms with E-state index in [1.54, 1.807) is 24.3 Å². The molecule has 1 aromatic heterocycles. The summed E-state index contributed by atoms with van der Waals surface area (Å²) in [6, 6.07) is 13.6. The maximum absolute atomic E-state index is 12.9. The zero-order valence-corrected chi connectivity index (χ0v) is 15.4. The molecule has 6 nitrogen and oxygen atoms in total. The average molecular weight is 373 g/mol. The molecule has 3 aromatic rings. The predicted molar refractivity (Wildman–Crippen MR) is 107 cm³/mol. The molecule has 0 radical (unpaired) electrons. The molecule has 0 unspecified atom stereocenters. The molecule has 2 N–H and O–H groups in total. The van der Waals surface area contributed by atoms with Crippen LogP contribution in [0, 0.1) is 0 Å². The average Bonchev–Trinajstić information content (AvgIpc) is 3.11. The molecule has 140 valence electrons. The van der Waals surface area contributed by atoms with Crippen molar-refractivity contribution in [1.82, 2.24) is 10.3 Å². The molecule has 0 saturated carbocycles. The molecule has 4 rings (SSSR count). The van der Waals surface area contributed by atoms with Gasteiger partial charge in [-0.05, 0) is 18.1 Å². The highest BCUT2D eigenvalue weighted by Gasteiger charge is 2.38. The zero-order valence-electron chi connectivity index (χ0n) is 15.4. The number of aliphatic imine (C=N–C) groups is 1. The van der Waals surface area contributed by atoms with Crippen molar-refractivity contribution in [2.45, 2.75) is 19.4 Å². The second-order valence-corrected chi connectivity index (χ2v) is 6.75. The number of para-hydroxylation sites is 1. The molecule has 0 spiro atoms. The van der Waals surface area contributed by atoms with Crippen LogP contribution in [0.25, 0.3) is 10.9 Å². The van der Waals surface area contributed by atoms with Crippen molar-refractivity contribution in [1.29, 1.82) is 0 Å². The molecule has 0 saturated heterocycles. The Bertz CT molecular complexity index is 1130. The normalized spacial score (nSPS) is 17.8. The third kappa shape index (κ3) is 3.13. The molecule has 6 heteroatoms. The summed E-state index contributed by atoms with van der Waals surface area (Å²) in [5.41, 5.74) is 2.88. The summed E-state index contributed by atoms with van der Waals surface area (Å²) in [4.78, 5) is 45.0. The van der Waals surface area contributed by atoms with Crippen molar-refractivity contribution in [3.63, 3.8) is 0 Å². The number of hydrogen-bond donors (Lipinski definition) is 2. The van der Waals surface area contributed by atoms with Gasteiger partial charge in [0.1, 0.15) is 11.8 Å². The molecule has 1 heterocycles. The molecule has 2 aromatic carbocycles. The van der Waals surface area contributed by atoms with E-state index in [9.17, 15) is 14.4 Å². The molecule has 1 aliphatic carbocycles. The van der Waals surface area contributed by atoms with E-state index in [-0.39, 0.29) is 23.2 Å². The zero-order chi connectivity index (χ0) is 19.7. The van der Waals surface area contributed by atoms with Crippen molar-refractivity contribution in [3.8, 4) is 0 Å². The first kappa shape index (κ1) is 17.9. The molecule has 1 aliphatic rings. The van der Waals surface area contributed by atoms with Crippen molar-refractivity contribution in [3.05, 3.63) is 71.4 Å². The highest BCUT2D eigenvalue weighted by Crippen LogP contribution is 2.21. The van der Waals surface area contributed by atoms with Gasteiger partial charge in [-0.15, -0.1) is 0 Å². The van der Waals surface area contributed by atoms with Gasteiger partial charge < -0.3 is 10.3 Å². The quantitative estimate of drug-likeness (QED) is 0.737. The SMILES string of the molecule is CC(=O)N[C@H]1C(=O)c2ccccc2C(=O)C1=NCCc1c[nH]c2ccccc12. The summed E-state index contributed by atoms with van der Waals surface area (Å²) >= 11 is 0. The number of carbonyl (C=O) groups is 3. The monoisotopic (exact) mass is 373 g/mol. The van der Waals surface area contributed by atoms with E-state index in [0.717, 1.165) is 16.5 Å². The van der Waals surface area contributed by atoms with Crippen LogP contribution in [0.5, 0.6) is 0 Å². The maximum atomic E-state index is 12.9. The van der Waals surface area contributed by atoms with Crippen LogP contribution in [0.15, 0.2) is 59.7 Å². The largest absolute Gasteiger partial charge is 0.361 e. The molecule has 0 aliphatic heterocycles. The van der Waals surface area contributed by atoms with Crippen LogP contribution in [-0.2, 0) is 11.2 Å². The van der Waals surface area contributed by atoms with Gasteiger partial charge in [-0.1, -0.05) is 42.5 Å². The number of H-pyrrole nitrogens is 1. The van der Waals surface area contributed by atoms with Gasteiger partial charge >= 0.3 is 0 Å². The number of fused-ring (bicyclic) bond motifs is 2. The van der Waals surface area contributed by atoms with Gasteiger partial charge in [-0.25, -0.2) is 0 Å². The Morgan fingerprint density at radius 2 is 1.79 bits per heavy atom. The number of carbonyl (C=O) groups excluding carboxylic acids is 3. The summed E-state index contributed by atoms with van der Waals surface area (Å²) in [5, 5.41) is 3.69. The Morgan fingerprint density at radius 1 is 1.07 bits per heavy atom. The summed E-state index contributed by atoms with van der Waals surface area (Å²) in [5.74, 6) is -1.00. The number of amides is 1. The highest BCUT2D eigenvalue weighted by molar-refractivity contribution is 6.55. The lowest BCUT2D eigenvalue weighted by Gasteiger charge is -2.24. The van der Waals surface area contributed by atoms with Gasteiger partial charge in [-0.3, -0.25) is 19.4 Å². The first-order valence-corrected chi connectivity index (χ1v) is 9.10. The summed E-state index contributed by atoms with van der Waals surface area (Å²) in [6.07, 6.45) is 2.54. The third-order valence-corrected chi connectivity index (χ3v) is 4.89. The number of benzene rings is 2. The van der Waals surface area contributed by atoms with Gasteiger partial charge in [0.05, 0.1) is 0 Å². The maximum Gasteiger partial charge on any atom is 0.217 e. The molecular formula is C22H19N3O3. The fourth-order valence-electron chi connectivity index (χ4n) is 3.58. The van der Waals surface area contributed by atoms with Gasteiger partial charge in [-0.2, -0.15) is 0 Å². The van der Waals surface area contributed by atoms with E-state index in [1.807, 2.05) is 30.5 Å². The van der Waals surface area contributed by atoms with Crippen LogP contribution < -0.4 is 5.32 Å². The van der Waals surface area contributed by atoms with Crippen molar-refractivity contribution < 1.29 is 14.4 Å². The van der Waals surface area contributed by atoms with Crippen LogP contribution in [-0.4, -0.2) is 40.8 Å². The fourth-order valence-corrected chi connectivity index (χ4v) is 3.58. The number of rotatable bonds is 4. The molecule has 28 heavy (non-hydrogen) atoms. The number of hydrogen-bond acceptors (Lipinski definition) is 4. The summed E-state index contributed by atoms with van der Waals surface area (Å²) in [7, 11) is 0. The van der Waals surface area contributed by atoms with E-state index in [1.165, 1.54) is 6.92 Å².